The number of carbonyl (C=O) groups is 4. The highest BCUT2D eigenvalue weighted by Crippen LogP contribution is 2.32. The Morgan fingerprint density at radius 2 is 1.27 bits per heavy atom. The van der Waals surface area contributed by atoms with Crippen LogP contribution in [0.3, 0.4) is 0 Å². The summed E-state index contributed by atoms with van der Waals surface area (Å²) in [7, 11) is 0. The number of benzene rings is 3. The van der Waals surface area contributed by atoms with Gasteiger partial charge in [-0.1, -0.05) is 45.2 Å². The fourth-order valence-corrected chi connectivity index (χ4v) is 3.72. The van der Waals surface area contributed by atoms with Gasteiger partial charge in [-0.05, 0) is 78.6 Å². The topological polar surface area (TPSA) is 114 Å². The normalized spacial score (nSPS) is 10.5. The molecule has 3 aromatic carbocycles. The SMILES string of the molecule is C=C(C)C(=O)OCCOc1ccc(-c2cc(C(=O)OCCOC(=O)C(C)C)cc(-c3ccc(OC(=O)C(=C)C)cc3)c2)cc1F. The molecule has 0 N–H and O–H groups in total. The van der Waals surface area contributed by atoms with Crippen molar-refractivity contribution < 1.29 is 47.3 Å². The summed E-state index contributed by atoms with van der Waals surface area (Å²) in [6, 6.07) is 15.9. The third-order valence-corrected chi connectivity index (χ3v) is 6.14. The number of rotatable bonds is 14. The number of hydrogen-bond donors (Lipinski definition) is 0. The summed E-state index contributed by atoms with van der Waals surface area (Å²) >= 11 is 0. The van der Waals surface area contributed by atoms with Gasteiger partial charge < -0.3 is 23.7 Å². The van der Waals surface area contributed by atoms with Crippen LogP contribution in [0.15, 0.2) is 85.0 Å². The molecule has 0 bridgehead atoms. The summed E-state index contributed by atoms with van der Waals surface area (Å²) in [6.45, 7) is 13.1. The second kappa shape index (κ2) is 16.0. The molecule has 236 valence electrons. The summed E-state index contributed by atoms with van der Waals surface area (Å²) in [5, 5.41) is 0. The third kappa shape index (κ3) is 10.2. The van der Waals surface area contributed by atoms with Gasteiger partial charge in [0.15, 0.2) is 11.6 Å². The number of carbonyl (C=O) groups excluding carboxylic acids is 4. The number of ether oxygens (including phenoxy) is 5. The first-order valence-electron chi connectivity index (χ1n) is 14.1. The van der Waals surface area contributed by atoms with E-state index in [1.165, 1.54) is 19.1 Å². The molecule has 9 nitrogen and oxygen atoms in total. The van der Waals surface area contributed by atoms with Crippen LogP contribution in [0.2, 0.25) is 0 Å². The molecular formula is C35H35FO9. The average Bonchev–Trinajstić information content (AvgIpc) is 3.01. The van der Waals surface area contributed by atoms with E-state index in [4.69, 9.17) is 23.7 Å². The van der Waals surface area contributed by atoms with Crippen LogP contribution >= 0.6 is 0 Å². The standard InChI is InChI=1S/C35H35FO9/c1-21(2)32(37)42-14-13-41-31-12-9-25(20-30(31)36)27-17-26(24-7-10-29(11-8-24)45-34(39)23(5)6)18-28(19-27)35(40)44-16-15-43-33(38)22(3)4/h7-12,17-20,22H,1,5,13-16H2,2-4,6H3. The second-order valence-electron chi connectivity index (χ2n) is 10.4. The minimum absolute atomic E-state index is 0.0447. The van der Waals surface area contributed by atoms with Crippen molar-refractivity contribution in [2.75, 3.05) is 26.4 Å². The molecule has 0 amide bonds. The molecule has 0 fully saturated rings. The Morgan fingerprint density at radius 3 is 1.87 bits per heavy atom. The van der Waals surface area contributed by atoms with Crippen LogP contribution in [-0.4, -0.2) is 50.3 Å². The van der Waals surface area contributed by atoms with Crippen LogP contribution in [0, 0.1) is 11.7 Å². The summed E-state index contributed by atoms with van der Waals surface area (Å²) in [6.07, 6.45) is 0. The maximum absolute atomic E-state index is 15.0. The van der Waals surface area contributed by atoms with Crippen molar-refractivity contribution in [1.29, 1.82) is 0 Å². The molecule has 0 aliphatic carbocycles. The van der Waals surface area contributed by atoms with Crippen molar-refractivity contribution >= 4 is 23.9 Å². The molecule has 0 saturated carbocycles. The minimum Gasteiger partial charge on any atom is -0.487 e. The van der Waals surface area contributed by atoms with Crippen LogP contribution in [0.5, 0.6) is 11.5 Å². The summed E-state index contributed by atoms with van der Waals surface area (Å²) < 4.78 is 41.1. The van der Waals surface area contributed by atoms with Crippen molar-refractivity contribution in [3.05, 3.63) is 96.3 Å². The Hall–Kier alpha value is -5.25. The van der Waals surface area contributed by atoms with Gasteiger partial charge in [0.25, 0.3) is 0 Å². The van der Waals surface area contributed by atoms with Gasteiger partial charge in [0.2, 0.25) is 0 Å². The van der Waals surface area contributed by atoms with E-state index in [0.717, 1.165) is 0 Å². The summed E-state index contributed by atoms with van der Waals surface area (Å²) in [5.41, 5.74) is 2.90. The smallest absolute Gasteiger partial charge is 0.338 e. The Morgan fingerprint density at radius 1 is 0.689 bits per heavy atom. The lowest BCUT2D eigenvalue weighted by Gasteiger charge is -2.13. The van der Waals surface area contributed by atoms with Gasteiger partial charge in [0.05, 0.1) is 11.5 Å². The van der Waals surface area contributed by atoms with E-state index in [-0.39, 0.29) is 54.8 Å². The second-order valence-corrected chi connectivity index (χ2v) is 10.4. The molecule has 0 unspecified atom stereocenters. The van der Waals surface area contributed by atoms with Crippen LogP contribution in [-0.2, 0) is 28.6 Å². The molecule has 0 spiro atoms. The Labute approximate surface area is 261 Å². The fraction of sp³-hybridized carbons (Fsp3) is 0.257. The van der Waals surface area contributed by atoms with Crippen LogP contribution in [0.1, 0.15) is 38.1 Å². The molecule has 3 aromatic rings. The zero-order valence-electron chi connectivity index (χ0n) is 25.6. The van der Waals surface area contributed by atoms with E-state index < -0.39 is 29.7 Å². The molecule has 0 aliphatic rings. The van der Waals surface area contributed by atoms with E-state index >= 15 is 4.39 Å². The Bertz CT molecular complexity index is 1590. The molecule has 45 heavy (non-hydrogen) atoms. The van der Waals surface area contributed by atoms with Crippen molar-refractivity contribution in [2.45, 2.75) is 27.7 Å². The van der Waals surface area contributed by atoms with Gasteiger partial charge in [-0.2, -0.15) is 0 Å². The summed E-state index contributed by atoms with van der Waals surface area (Å²) in [4.78, 5) is 48.1. The molecule has 0 aliphatic heterocycles. The van der Waals surface area contributed by atoms with Gasteiger partial charge in [-0.3, -0.25) is 4.79 Å². The Balaban J connectivity index is 1.86. The quantitative estimate of drug-likeness (QED) is 0.0657. The first-order chi connectivity index (χ1) is 21.3. The van der Waals surface area contributed by atoms with Crippen molar-refractivity contribution in [3.8, 4) is 33.8 Å². The van der Waals surface area contributed by atoms with Gasteiger partial charge in [-0.15, -0.1) is 0 Å². The predicted octanol–water partition coefficient (Wildman–Crippen LogP) is 6.50. The van der Waals surface area contributed by atoms with Gasteiger partial charge in [-0.25, -0.2) is 18.8 Å². The largest absolute Gasteiger partial charge is 0.487 e. The fourth-order valence-electron chi connectivity index (χ4n) is 3.72. The van der Waals surface area contributed by atoms with E-state index in [0.29, 0.717) is 28.0 Å². The van der Waals surface area contributed by atoms with Crippen LogP contribution in [0.25, 0.3) is 22.3 Å². The first kappa shape index (κ1) is 34.2. The van der Waals surface area contributed by atoms with Crippen molar-refractivity contribution in [1.82, 2.24) is 0 Å². The van der Waals surface area contributed by atoms with Gasteiger partial charge in [0, 0.05) is 11.1 Å². The Kier molecular flexibility index (Phi) is 12.2. The molecule has 3 rings (SSSR count). The zero-order valence-corrected chi connectivity index (χ0v) is 25.6. The van der Waals surface area contributed by atoms with Crippen LogP contribution < -0.4 is 9.47 Å². The van der Waals surface area contributed by atoms with Crippen LogP contribution in [0.4, 0.5) is 4.39 Å². The van der Waals surface area contributed by atoms with Gasteiger partial charge >= 0.3 is 23.9 Å². The van der Waals surface area contributed by atoms with Crippen molar-refractivity contribution in [3.63, 3.8) is 0 Å². The lowest BCUT2D eigenvalue weighted by molar-refractivity contribution is -0.148. The van der Waals surface area contributed by atoms with E-state index in [2.05, 4.69) is 13.2 Å². The molecule has 0 heterocycles. The number of esters is 4. The molecule has 0 radical (unpaired) electrons. The van der Waals surface area contributed by atoms with Gasteiger partial charge in [0.1, 0.15) is 32.2 Å². The summed E-state index contributed by atoms with van der Waals surface area (Å²) in [5.74, 6) is -2.91. The lowest BCUT2D eigenvalue weighted by atomic mass is 9.96. The highest BCUT2D eigenvalue weighted by Gasteiger charge is 2.16. The molecule has 0 saturated heterocycles. The van der Waals surface area contributed by atoms with Crippen molar-refractivity contribution in [2.24, 2.45) is 5.92 Å². The van der Waals surface area contributed by atoms with E-state index in [1.807, 2.05) is 0 Å². The highest BCUT2D eigenvalue weighted by atomic mass is 19.1. The lowest BCUT2D eigenvalue weighted by Crippen LogP contribution is -2.17. The maximum atomic E-state index is 15.0. The first-order valence-corrected chi connectivity index (χ1v) is 14.1. The van der Waals surface area contributed by atoms with E-state index in [9.17, 15) is 19.2 Å². The number of halogens is 1. The monoisotopic (exact) mass is 618 g/mol. The average molecular weight is 619 g/mol. The number of hydrogen-bond acceptors (Lipinski definition) is 9. The minimum atomic E-state index is -0.671. The molecule has 0 atom stereocenters. The zero-order chi connectivity index (χ0) is 33.1. The predicted molar refractivity (Wildman–Crippen MR) is 165 cm³/mol. The molecule has 10 heteroatoms. The molecule has 0 aromatic heterocycles. The van der Waals surface area contributed by atoms with E-state index in [1.54, 1.807) is 69.3 Å². The third-order valence-electron chi connectivity index (χ3n) is 6.14. The molecular weight excluding hydrogens is 583 g/mol. The maximum Gasteiger partial charge on any atom is 0.338 e. The highest BCUT2D eigenvalue weighted by molar-refractivity contribution is 5.94.